The summed E-state index contributed by atoms with van der Waals surface area (Å²) in [5, 5.41) is 7.76. The minimum absolute atomic E-state index is 0.242. The summed E-state index contributed by atoms with van der Waals surface area (Å²) in [6.07, 6.45) is 3.99. The van der Waals surface area contributed by atoms with E-state index in [-0.39, 0.29) is 12.0 Å². The molecule has 0 bridgehead atoms. The van der Waals surface area contributed by atoms with Gasteiger partial charge in [-0.1, -0.05) is 0 Å². The molecule has 2 aromatic heterocycles. The predicted molar refractivity (Wildman–Crippen MR) is 136 cm³/mol. The van der Waals surface area contributed by atoms with Crippen molar-refractivity contribution in [1.82, 2.24) is 19.5 Å². The second-order valence-electron chi connectivity index (χ2n) is 9.94. The number of amides is 1. The van der Waals surface area contributed by atoms with Gasteiger partial charge in [-0.25, -0.2) is 14.3 Å². The lowest BCUT2D eigenvalue weighted by atomic mass is 10.1. The predicted octanol–water partition coefficient (Wildman–Crippen LogP) is 4.30. The van der Waals surface area contributed by atoms with E-state index in [9.17, 15) is 4.79 Å². The Balaban J connectivity index is 1.41. The summed E-state index contributed by atoms with van der Waals surface area (Å²) in [4.78, 5) is 18.6. The molecule has 0 radical (unpaired) electrons. The lowest BCUT2D eigenvalue weighted by Gasteiger charge is -2.24. The molecule has 1 N–H and O–H groups in total. The molecule has 0 aliphatic carbocycles. The molecule has 194 valence electrons. The van der Waals surface area contributed by atoms with Crippen LogP contribution in [0.15, 0.2) is 30.7 Å². The van der Waals surface area contributed by atoms with Gasteiger partial charge in [-0.05, 0) is 46.2 Å². The number of anilines is 1. The fourth-order valence-corrected chi connectivity index (χ4v) is 4.26. The molecule has 0 saturated carbocycles. The van der Waals surface area contributed by atoms with Gasteiger partial charge in [-0.15, -0.1) is 0 Å². The fraction of sp³-hybridized carbons (Fsp3) is 0.500. The van der Waals surface area contributed by atoms with Crippen LogP contribution in [0.2, 0.25) is 0 Å². The second kappa shape index (κ2) is 10.5. The Morgan fingerprint density at radius 1 is 1.19 bits per heavy atom. The minimum Gasteiger partial charge on any atom is -0.497 e. The van der Waals surface area contributed by atoms with Crippen molar-refractivity contribution in [2.45, 2.75) is 46.3 Å². The number of carbonyl (C=O) groups is 1. The van der Waals surface area contributed by atoms with Gasteiger partial charge in [0.15, 0.2) is 5.82 Å². The Bertz CT molecular complexity index is 1220. The molecule has 1 aliphatic rings. The molecule has 1 amide bonds. The van der Waals surface area contributed by atoms with E-state index in [2.05, 4.69) is 15.4 Å². The molecule has 3 aromatic rings. The number of rotatable bonds is 8. The molecule has 3 heterocycles. The van der Waals surface area contributed by atoms with Crippen molar-refractivity contribution in [3.05, 3.63) is 41.9 Å². The van der Waals surface area contributed by atoms with Gasteiger partial charge in [0.2, 0.25) is 0 Å². The zero-order valence-corrected chi connectivity index (χ0v) is 21.8. The van der Waals surface area contributed by atoms with Gasteiger partial charge < -0.3 is 29.2 Å². The molecule has 10 heteroatoms. The van der Waals surface area contributed by atoms with Crippen LogP contribution in [-0.4, -0.2) is 65.1 Å². The quantitative estimate of drug-likeness (QED) is 0.492. The molecule has 10 nitrogen and oxygen atoms in total. The maximum absolute atomic E-state index is 12.3. The third-order valence-corrected chi connectivity index (χ3v) is 6.13. The zero-order valence-electron chi connectivity index (χ0n) is 21.8. The first kappa shape index (κ1) is 25.4. The highest BCUT2D eigenvalue weighted by Gasteiger charge is 2.30. The molecule has 4 rings (SSSR count). The molecule has 0 spiro atoms. The van der Waals surface area contributed by atoms with E-state index < -0.39 is 5.60 Å². The van der Waals surface area contributed by atoms with Crippen LogP contribution >= 0.6 is 0 Å². The van der Waals surface area contributed by atoms with Crippen molar-refractivity contribution >= 4 is 17.4 Å². The zero-order chi connectivity index (χ0) is 25.9. The summed E-state index contributed by atoms with van der Waals surface area (Å²) >= 11 is 0. The van der Waals surface area contributed by atoms with E-state index in [0.717, 1.165) is 40.3 Å². The molecule has 1 atom stereocenters. The topological polar surface area (TPSA) is 99.5 Å². The smallest absolute Gasteiger partial charge is 0.410 e. The second-order valence-corrected chi connectivity index (χ2v) is 9.94. The highest BCUT2D eigenvalue weighted by atomic mass is 16.6. The summed E-state index contributed by atoms with van der Waals surface area (Å²) in [7, 11) is 3.27. The van der Waals surface area contributed by atoms with Crippen molar-refractivity contribution < 1.29 is 23.7 Å². The van der Waals surface area contributed by atoms with Gasteiger partial charge in [0.05, 0.1) is 27.0 Å². The summed E-state index contributed by atoms with van der Waals surface area (Å²) in [6, 6.07) is 5.72. The number of methoxy groups -OCH3 is 2. The van der Waals surface area contributed by atoms with Gasteiger partial charge in [-0.3, -0.25) is 0 Å². The lowest BCUT2D eigenvalue weighted by Crippen LogP contribution is -2.35. The lowest BCUT2D eigenvalue weighted by molar-refractivity contribution is 0.0284. The molecule has 1 fully saturated rings. The van der Waals surface area contributed by atoms with Gasteiger partial charge >= 0.3 is 6.09 Å². The number of aryl methyl sites for hydroxylation is 1. The monoisotopic (exact) mass is 497 g/mol. The van der Waals surface area contributed by atoms with Crippen LogP contribution in [0.1, 0.15) is 38.3 Å². The molecule has 1 unspecified atom stereocenters. The van der Waals surface area contributed by atoms with E-state index >= 15 is 0 Å². The molecule has 1 aliphatic heterocycles. The Morgan fingerprint density at radius 3 is 2.72 bits per heavy atom. The number of aromatic nitrogens is 3. The van der Waals surface area contributed by atoms with E-state index in [4.69, 9.17) is 18.9 Å². The number of carbonyl (C=O) groups excluding carboxylic acids is 1. The first-order chi connectivity index (χ1) is 17.2. The average molecular weight is 498 g/mol. The number of fused-ring (bicyclic) bond motifs is 1. The minimum atomic E-state index is -0.499. The summed E-state index contributed by atoms with van der Waals surface area (Å²) in [6.45, 7) is 9.95. The molecule has 36 heavy (non-hydrogen) atoms. The van der Waals surface area contributed by atoms with E-state index in [1.54, 1.807) is 23.6 Å². The number of nitrogens with one attached hydrogen (secondary N) is 1. The highest BCUT2D eigenvalue weighted by molar-refractivity contribution is 5.75. The normalized spacial score (nSPS) is 15.7. The van der Waals surface area contributed by atoms with Crippen LogP contribution in [-0.2, 0) is 11.3 Å². The van der Waals surface area contributed by atoms with Gasteiger partial charge in [0, 0.05) is 42.7 Å². The van der Waals surface area contributed by atoms with Gasteiger partial charge in [0.1, 0.15) is 34.7 Å². The van der Waals surface area contributed by atoms with E-state index in [1.807, 2.05) is 52.1 Å². The van der Waals surface area contributed by atoms with Crippen LogP contribution < -0.4 is 19.5 Å². The number of benzene rings is 1. The maximum atomic E-state index is 12.3. The summed E-state index contributed by atoms with van der Waals surface area (Å²) in [5.41, 5.74) is 2.27. The number of ether oxygens (including phenoxy) is 4. The number of likely N-dealkylation sites (tertiary alicyclic amines) is 1. The number of hydrogen-bond donors (Lipinski definition) is 1. The molecular formula is C26H35N5O5. The fourth-order valence-electron chi connectivity index (χ4n) is 4.26. The van der Waals surface area contributed by atoms with Crippen molar-refractivity contribution in [1.29, 1.82) is 0 Å². The van der Waals surface area contributed by atoms with Gasteiger partial charge in [-0.2, -0.15) is 5.10 Å². The average Bonchev–Trinajstić information content (AvgIpc) is 3.45. The van der Waals surface area contributed by atoms with Crippen molar-refractivity contribution in [2.75, 3.05) is 39.2 Å². The van der Waals surface area contributed by atoms with E-state index in [0.29, 0.717) is 32.1 Å². The third-order valence-electron chi connectivity index (χ3n) is 6.13. The Hall–Kier alpha value is -3.69. The number of hydrogen-bond acceptors (Lipinski definition) is 8. The van der Waals surface area contributed by atoms with Crippen LogP contribution in [0.5, 0.6) is 17.2 Å². The van der Waals surface area contributed by atoms with Crippen molar-refractivity contribution in [2.24, 2.45) is 5.92 Å². The third kappa shape index (κ3) is 5.75. The van der Waals surface area contributed by atoms with Crippen LogP contribution in [0, 0.1) is 12.8 Å². The SMILES string of the molecule is COc1ccc(CNc2ncnn3cc(OCC4CCN(C(=O)OC(C)(C)C)C4)c(C)c23)c(OC)c1. The van der Waals surface area contributed by atoms with Gasteiger partial charge in [0.25, 0.3) is 0 Å². The van der Waals surface area contributed by atoms with Crippen LogP contribution in [0.25, 0.3) is 5.52 Å². The summed E-state index contributed by atoms with van der Waals surface area (Å²) in [5.74, 6) is 3.16. The number of nitrogens with zero attached hydrogens (tertiary/aromatic N) is 4. The highest BCUT2D eigenvalue weighted by Crippen LogP contribution is 2.31. The van der Waals surface area contributed by atoms with E-state index in [1.165, 1.54) is 6.33 Å². The Kier molecular flexibility index (Phi) is 7.42. The molecule has 1 aromatic carbocycles. The molecule has 1 saturated heterocycles. The largest absolute Gasteiger partial charge is 0.497 e. The Morgan fingerprint density at radius 2 is 2.00 bits per heavy atom. The first-order valence-corrected chi connectivity index (χ1v) is 12.1. The van der Waals surface area contributed by atoms with Crippen molar-refractivity contribution in [3.8, 4) is 17.2 Å². The maximum Gasteiger partial charge on any atom is 0.410 e. The van der Waals surface area contributed by atoms with Crippen molar-refractivity contribution in [3.63, 3.8) is 0 Å². The standard InChI is InChI=1S/C26H35N5O5/c1-17-22(35-15-18-9-10-30(13-18)25(32)36-26(2,3)4)14-31-23(17)24(28-16-29-31)27-12-19-7-8-20(33-5)11-21(19)34-6/h7-8,11,14,16,18H,9-10,12-13,15H2,1-6H3,(H,27,28,29). The van der Waals surface area contributed by atoms with Crippen LogP contribution in [0.4, 0.5) is 10.6 Å². The van der Waals surface area contributed by atoms with Crippen LogP contribution in [0.3, 0.4) is 0 Å². The first-order valence-electron chi connectivity index (χ1n) is 12.1. The summed E-state index contributed by atoms with van der Waals surface area (Å²) < 4.78 is 24.2. The Labute approximate surface area is 211 Å². The molecular weight excluding hydrogens is 462 g/mol.